The van der Waals surface area contributed by atoms with Gasteiger partial charge >= 0.3 is 0 Å². The molecule has 0 bridgehead atoms. The van der Waals surface area contributed by atoms with E-state index < -0.39 is 11.5 Å². The molecular formula is C15H16BrClIN7O. The molecule has 0 spiro atoms. The highest BCUT2D eigenvalue weighted by atomic mass is 127. The minimum absolute atomic E-state index is 0.0479. The Bertz CT molecular complexity index is 915. The monoisotopic (exact) mass is 551 g/mol. The number of hydrogen-bond donors (Lipinski definition) is 3. The van der Waals surface area contributed by atoms with E-state index >= 15 is 0 Å². The zero-order valence-corrected chi connectivity index (χ0v) is 18.2. The maximum absolute atomic E-state index is 12.6. The summed E-state index contributed by atoms with van der Waals surface area (Å²) in [5, 5.41) is 10.5. The van der Waals surface area contributed by atoms with E-state index in [0.717, 1.165) is 27.9 Å². The van der Waals surface area contributed by atoms with Gasteiger partial charge in [0.15, 0.2) is 17.4 Å². The van der Waals surface area contributed by atoms with Crippen molar-refractivity contribution in [3.05, 3.63) is 28.5 Å². The second-order valence-corrected chi connectivity index (χ2v) is 8.07. The second kappa shape index (κ2) is 7.79. The molecule has 1 amide bonds. The lowest BCUT2D eigenvalue weighted by Crippen LogP contribution is -2.56. The molecular weight excluding hydrogens is 536 g/mol. The lowest BCUT2D eigenvalue weighted by molar-refractivity contribution is -0.122. The van der Waals surface area contributed by atoms with Gasteiger partial charge in [-0.1, -0.05) is 27.5 Å². The summed E-state index contributed by atoms with van der Waals surface area (Å²) in [6.45, 7) is 3.00. The van der Waals surface area contributed by atoms with Crippen molar-refractivity contribution < 1.29 is 4.79 Å². The summed E-state index contributed by atoms with van der Waals surface area (Å²) in [6, 6.07) is 5.06. The third kappa shape index (κ3) is 3.59. The Hall–Kier alpha value is -1.24. The number of nitrogens with two attached hydrogens (primary N) is 1. The number of alkyl halides is 1. The van der Waals surface area contributed by atoms with Crippen molar-refractivity contribution in [3.63, 3.8) is 0 Å². The van der Waals surface area contributed by atoms with Gasteiger partial charge in [0.1, 0.15) is 11.7 Å². The van der Waals surface area contributed by atoms with Crippen LogP contribution in [0.3, 0.4) is 0 Å². The summed E-state index contributed by atoms with van der Waals surface area (Å²) in [7, 11) is 0. The van der Waals surface area contributed by atoms with Crippen molar-refractivity contribution in [2.75, 3.05) is 0 Å². The molecule has 0 radical (unpaired) electrons. The second-order valence-electron chi connectivity index (χ2n) is 5.63. The topological polar surface area (TPSA) is 112 Å². The average molecular weight is 553 g/mol. The maximum atomic E-state index is 12.6. The number of amidine groups is 2. The molecule has 0 aliphatic carbocycles. The van der Waals surface area contributed by atoms with E-state index in [9.17, 15) is 4.79 Å². The predicted molar refractivity (Wildman–Crippen MR) is 114 cm³/mol. The summed E-state index contributed by atoms with van der Waals surface area (Å²) in [6.07, 6.45) is 0. The first-order valence-corrected chi connectivity index (χ1v) is 9.96. The number of carbonyl (C=O) groups excluding carboxylic acids is 1. The molecule has 3 rings (SSSR count). The highest BCUT2D eigenvalue weighted by Crippen LogP contribution is 2.23. The van der Waals surface area contributed by atoms with Gasteiger partial charge < -0.3 is 15.6 Å². The van der Waals surface area contributed by atoms with E-state index in [4.69, 9.17) is 22.7 Å². The Balaban J connectivity index is 1.81. The van der Waals surface area contributed by atoms with Gasteiger partial charge in [0.25, 0.3) is 0 Å². The van der Waals surface area contributed by atoms with E-state index in [1.807, 2.05) is 52.6 Å². The fourth-order valence-corrected chi connectivity index (χ4v) is 4.09. The summed E-state index contributed by atoms with van der Waals surface area (Å²) < 4.78 is 4.48. The number of nitrogens with zero attached hydrogens (tertiary/aromatic N) is 4. The molecule has 4 N–H and O–H groups in total. The zero-order chi connectivity index (χ0) is 19.0. The number of hydrogen-bond acceptors (Lipinski definition) is 5. The standard InChI is InChI=1S/C15H16BrClIN7O/c1-2-24-9-4-3-7(16)5-8(9)22-10(24)6-21-15(26)11-13(19)23-14(20)12(17)25(11)18/h3-5,11-12H,2,6H2,1H3,(H,21,26)(H3,19,20,23). The van der Waals surface area contributed by atoms with Crippen LogP contribution in [0.4, 0.5) is 0 Å². The van der Waals surface area contributed by atoms with Gasteiger partial charge in [-0.05, 0) is 25.1 Å². The van der Waals surface area contributed by atoms with Crippen molar-refractivity contribution in [1.82, 2.24) is 18.0 Å². The first kappa shape index (κ1) is 19.5. The number of aliphatic imine (C=N–C) groups is 1. The fraction of sp³-hybridized carbons (Fsp3) is 0.333. The Morgan fingerprint density at radius 3 is 2.96 bits per heavy atom. The van der Waals surface area contributed by atoms with E-state index in [1.54, 1.807) is 0 Å². The quantitative estimate of drug-likeness (QED) is 0.234. The molecule has 0 saturated heterocycles. The van der Waals surface area contributed by atoms with Crippen LogP contribution >= 0.6 is 50.4 Å². The Morgan fingerprint density at radius 1 is 1.54 bits per heavy atom. The first-order valence-electron chi connectivity index (χ1n) is 7.76. The minimum Gasteiger partial charge on any atom is -0.385 e. The first-order chi connectivity index (χ1) is 12.3. The number of imidazole rings is 1. The van der Waals surface area contributed by atoms with Crippen LogP contribution < -0.4 is 11.1 Å². The number of aromatic nitrogens is 2. The van der Waals surface area contributed by atoms with Crippen LogP contribution in [0, 0.1) is 5.41 Å². The molecule has 1 aliphatic rings. The van der Waals surface area contributed by atoms with Crippen LogP contribution in [0.5, 0.6) is 0 Å². The van der Waals surface area contributed by atoms with Gasteiger partial charge in [-0.25, -0.2) is 13.1 Å². The van der Waals surface area contributed by atoms with Crippen LogP contribution in [-0.2, 0) is 17.9 Å². The highest BCUT2D eigenvalue weighted by molar-refractivity contribution is 14.1. The van der Waals surface area contributed by atoms with E-state index in [0.29, 0.717) is 0 Å². The molecule has 2 heterocycles. The normalized spacial score (nSPS) is 21.1. The number of halogens is 3. The number of aryl methyl sites for hydroxylation is 1. The zero-order valence-electron chi connectivity index (χ0n) is 13.7. The van der Waals surface area contributed by atoms with Crippen molar-refractivity contribution in [2.45, 2.75) is 31.6 Å². The Kier molecular flexibility index (Phi) is 5.85. The van der Waals surface area contributed by atoms with E-state index in [2.05, 4.69) is 31.2 Å². The molecule has 26 heavy (non-hydrogen) atoms. The summed E-state index contributed by atoms with van der Waals surface area (Å²) in [5.74, 6) is 0.373. The summed E-state index contributed by atoms with van der Waals surface area (Å²) >= 11 is 11.4. The molecule has 1 aliphatic heterocycles. The van der Waals surface area contributed by atoms with Crippen molar-refractivity contribution in [1.29, 1.82) is 5.41 Å². The SMILES string of the molecule is CCn1c(CNC(=O)C2C(N)=NC(=N)C(Cl)N2I)nc2cc(Br)ccc21. The van der Waals surface area contributed by atoms with Gasteiger partial charge in [0.2, 0.25) is 5.91 Å². The maximum Gasteiger partial charge on any atom is 0.246 e. The summed E-state index contributed by atoms with van der Waals surface area (Å²) in [4.78, 5) is 21.1. The van der Waals surface area contributed by atoms with Gasteiger partial charge in [0.05, 0.1) is 17.6 Å². The molecule has 11 heteroatoms. The fourth-order valence-electron chi connectivity index (χ4n) is 2.78. The third-order valence-corrected chi connectivity index (χ3v) is 6.35. The van der Waals surface area contributed by atoms with Crippen LogP contribution in [0.15, 0.2) is 27.7 Å². The molecule has 2 aromatic rings. The van der Waals surface area contributed by atoms with Crippen molar-refractivity contribution >= 4 is 79.0 Å². The molecule has 2 atom stereocenters. The van der Waals surface area contributed by atoms with Crippen LogP contribution in [0.25, 0.3) is 11.0 Å². The molecule has 2 unspecified atom stereocenters. The Labute approximate surface area is 177 Å². The van der Waals surface area contributed by atoms with Gasteiger partial charge in [-0.2, -0.15) is 0 Å². The Morgan fingerprint density at radius 2 is 2.27 bits per heavy atom. The third-order valence-electron chi connectivity index (χ3n) is 3.99. The lowest BCUT2D eigenvalue weighted by Gasteiger charge is -2.31. The lowest BCUT2D eigenvalue weighted by atomic mass is 10.2. The number of fused-ring (bicyclic) bond motifs is 1. The molecule has 8 nitrogen and oxygen atoms in total. The molecule has 138 valence electrons. The van der Waals surface area contributed by atoms with Crippen LogP contribution in [0.1, 0.15) is 12.7 Å². The number of carbonyl (C=O) groups is 1. The number of amides is 1. The molecule has 1 aromatic heterocycles. The average Bonchev–Trinajstić information content (AvgIpc) is 2.94. The smallest absolute Gasteiger partial charge is 0.246 e. The van der Waals surface area contributed by atoms with Crippen molar-refractivity contribution in [2.24, 2.45) is 10.7 Å². The number of rotatable bonds is 4. The van der Waals surface area contributed by atoms with Crippen LogP contribution in [-0.4, -0.2) is 41.8 Å². The molecule has 0 fully saturated rings. The summed E-state index contributed by atoms with van der Waals surface area (Å²) in [5.41, 5.74) is 6.89. The predicted octanol–water partition coefficient (Wildman–Crippen LogP) is 2.37. The number of benzene rings is 1. The largest absolute Gasteiger partial charge is 0.385 e. The highest BCUT2D eigenvalue weighted by Gasteiger charge is 2.38. The number of nitrogens with one attached hydrogen (secondary N) is 2. The van der Waals surface area contributed by atoms with E-state index in [1.165, 1.54) is 3.11 Å². The van der Waals surface area contributed by atoms with Crippen molar-refractivity contribution in [3.8, 4) is 0 Å². The molecule has 1 aromatic carbocycles. The minimum atomic E-state index is -0.833. The van der Waals surface area contributed by atoms with Crippen LogP contribution in [0.2, 0.25) is 0 Å². The van der Waals surface area contributed by atoms with Gasteiger partial charge in [0, 0.05) is 33.9 Å². The van der Waals surface area contributed by atoms with E-state index in [-0.39, 0.29) is 24.1 Å². The van der Waals surface area contributed by atoms with Gasteiger partial charge in [-0.15, -0.1) is 0 Å². The molecule has 0 saturated carbocycles. The van der Waals surface area contributed by atoms with Gasteiger partial charge in [-0.3, -0.25) is 10.2 Å².